The molecule has 1 amide bonds. The van der Waals surface area contributed by atoms with Gasteiger partial charge in [0.25, 0.3) is 5.91 Å². The molecule has 238 valence electrons. The minimum absolute atomic E-state index is 0.102. The van der Waals surface area contributed by atoms with E-state index in [9.17, 15) is 18.0 Å². The second-order valence-corrected chi connectivity index (χ2v) is 12.2. The highest BCUT2D eigenvalue weighted by Crippen LogP contribution is 2.35. The zero-order valence-electron chi connectivity index (χ0n) is 26.4. The minimum atomic E-state index is -4.54. The molecule has 5 aromatic rings. The lowest BCUT2D eigenvalue weighted by atomic mass is 9.99. The zero-order valence-corrected chi connectivity index (χ0v) is 26.4. The summed E-state index contributed by atoms with van der Waals surface area (Å²) in [6, 6.07) is 19.4. The van der Waals surface area contributed by atoms with Crippen LogP contribution in [0.15, 0.2) is 72.9 Å². The van der Waals surface area contributed by atoms with Crippen molar-refractivity contribution in [1.82, 2.24) is 24.3 Å². The van der Waals surface area contributed by atoms with E-state index in [1.807, 2.05) is 80.0 Å². The summed E-state index contributed by atoms with van der Waals surface area (Å²) in [5, 5.41) is 2.70. The number of aromatic nitrogens is 3. The number of rotatable bonds is 7. The normalized spacial score (nSPS) is 14.6. The van der Waals surface area contributed by atoms with Crippen LogP contribution in [0.2, 0.25) is 0 Å². The Kier molecular flexibility index (Phi) is 8.67. The summed E-state index contributed by atoms with van der Waals surface area (Å²) < 4.78 is 44.4. The first kappa shape index (κ1) is 31.4. The number of benzene rings is 3. The number of likely N-dealkylation sites (N-methyl/N-ethyl adjacent to an activating group) is 1. The van der Waals surface area contributed by atoms with Crippen LogP contribution in [0.1, 0.15) is 43.9 Å². The Balaban J connectivity index is 1.26. The molecule has 6 rings (SSSR count). The summed E-state index contributed by atoms with van der Waals surface area (Å²) >= 11 is 0. The van der Waals surface area contributed by atoms with E-state index < -0.39 is 17.6 Å². The van der Waals surface area contributed by atoms with Crippen molar-refractivity contribution in [2.24, 2.45) is 7.05 Å². The molecule has 1 fully saturated rings. The van der Waals surface area contributed by atoms with Crippen molar-refractivity contribution >= 4 is 22.6 Å². The predicted octanol–water partition coefficient (Wildman–Crippen LogP) is 6.86. The van der Waals surface area contributed by atoms with Gasteiger partial charge in [0.1, 0.15) is 0 Å². The van der Waals surface area contributed by atoms with Gasteiger partial charge in [0.15, 0.2) is 5.82 Å². The number of anilines is 1. The number of alkyl halides is 3. The van der Waals surface area contributed by atoms with E-state index in [2.05, 4.69) is 10.2 Å². The van der Waals surface area contributed by atoms with Crippen LogP contribution in [0.5, 0.6) is 0 Å². The number of amides is 1. The van der Waals surface area contributed by atoms with Crippen LogP contribution in [0.4, 0.5) is 18.9 Å². The Labute approximate surface area is 266 Å². The maximum Gasteiger partial charge on any atom is 0.416 e. The van der Waals surface area contributed by atoms with E-state index in [1.165, 1.54) is 6.07 Å². The molecule has 0 aliphatic carbocycles. The van der Waals surface area contributed by atoms with Gasteiger partial charge in [0, 0.05) is 69.2 Å². The average Bonchev–Trinajstić information content (AvgIpc) is 3.40. The summed E-state index contributed by atoms with van der Waals surface area (Å²) in [6.07, 6.45) is -2.15. The maximum atomic E-state index is 14.1. The van der Waals surface area contributed by atoms with Gasteiger partial charge >= 0.3 is 6.18 Å². The lowest BCUT2D eigenvalue weighted by Crippen LogP contribution is -2.44. The molecular weight excluding hydrogens is 589 g/mol. The third-order valence-electron chi connectivity index (χ3n) is 8.73. The zero-order chi connectivity index (χ0) is 32.6. The summed E-state index contributed by atoms with van der Waals surface area (Å²) in [5.41, 5.74) is 6.40. The third-order valence-corrected chi connectivity index (χ3v) is 8.73. The molecule has 0 unspecified atom stereocenters. The molecule has 0 saturated carbocycles. The molecule has 1 saturated heterocycles. The fourth-order valence-electron chi connectivity index (χ4n) is 5.92. The van der Waals surface area contributed by atoms with Crippen molar-refractivity contribution in [3.63, 3.8) is 0 Å². The number of aryl methyl sites for hydroxylation is 3. The lowest BCUT2D eigenvalue weighted by Gasteiger charge is -2.33. The summed E-state index contributed by atoms with van der Waals surface area (Å²) in [7, 11) is 3.95. The standard InChI is InChI=1S/C36H37F3N6O/c1-23-5-8-25(9-6-23)34-41-31-13-14-44(4)33(31)32(42-34)20-28-19-26(10-7-24(28)2)35(46)40-29-12-11-27(30(21-29)36(37,38)39)22-45-17-15-43(3)16-18-45/h5-14,19,21H,15-18,20,22H2,1-4H3,(H,40,46). The van der Waals surface area contributed by atoms with Gasteiger partial charge in [0.05, 0.1) is 22.3 Å². The molecule has 2 aromatic heterocycles. The molecule has 0 radical (unpaired) electrons. The van der Waals surface area contributed by atoms with Crippen LogP contribution in [0, 0.1) is 13.8 Å². The first-order valence-electron chi connectivity index (χ1n) is 15.4. The molecule has 3 aromatic carbocycles. The molecule has 7 nitrogen and oxygen atoms in total. The highest BCUT2D eigenvalue weighted by molar-refractivity contribution is 6.04. The highest BCUT2D eigenvalue weighted by atomic mass is 19.4. The molecule has 1 aliphatic rings. The summed E-state index contributed by atoms with van der Waals surface area (Å²) in [6.45, 7) is 7.25. The number of halogens is 3. The number of hydrogen-bond acceptors (Lipinski definition) is 5. The molecule has 1 N–H and O–H groups in total. The Morgan fingerprint density at radius 1 is 0.870 bits per heavy atom. The second-order valence-electron chi connectivity index (χ2n) is 12.2. The van der Waals surface area contributed by atoms with Crippen molar-refractivity contribution in [2.45, 2.75) is 33.0 Å². The maximum absolute atomic E-state index is 14.1. The second kappa shape index (κ2) is 12.7. The van der Waals surface area contributed by atoms with Crippen LogP contribution < -0.4 is 5.32 Å². The van der Waals surface area contributed by atoms with Gasteiger partial charge in [-0.1, -0.05) is 42.0 Å². The monoisotopic (exact) mass is 626 g/mol. The molecule has 1 aliphatic heterocycles. The molecule has 46 heavy (non-hydrogen) atoms. The van der Waals surface area contributed by atoms with Crippen LogP contribution in [0.25, 0.3) is 22.4 Å². The van der Waals surface area contributed by atoms with Gasteiger partial charge < -0.3 is 14.8 Å². The number of hydrogen-bond donors (Lipinski definition) is 1. The summed E-state index contributed by atoms with van der Waals surface area (Å²) in [4.78, 5) is 27.3. The molecule has 0 spiro atoms. The molecular formula is C36H37F3N6O. The van der Waals surface area contributed by atoms with Gasteiger partial charge in [-0.2, -0.15) is 13.2 Å². The number of carbonyl (C=O) groups excluding carboxylic acids is 1. The van der Waals surface area contributed by atoms with Crippen LogP contribution >= 0.6 is 0 Å². The molecule has 3 heterocycles. The largest absolute Gasteiger partial charge is 0.416 e. The van der Waals surface area contributed by atoms with E-state index in [-0.39, 0.29) is 17.8 Å². The highest BCUT2D eigenvalue weighted by Gasteiger charge is 2.34. The van der Waals surface area contributed by atoms with Gasteiger partial charge in [-0.3, -0.25) is 9.69 Å². The smallest absolute Gasteiger partial charge is 0.348 e. The SMILES string of the molecule is Cc1ccc(-c2nc(Cc3cc(C(=O)Nc4ccc(CN5CCN(C)CC5)c(C(F)(F)F)c4)ccc3C)c3c(ccn3C)n2)cc1. The van der Waals surface area contributed by atoms with Gasteiger partial charge in [-0.15, -0.1) is 0 Å². The van der Waals surface area contributed by atoms with E-state index >= 15 is 0 Å². The van der Waals surface area contributed by atoms with Gasteiger partial charge in [-0.25, -0.2) is 9.97 Å². The van der Waals surface area contributed by atoms with Crippen molar-refractivity contribution in [3.05, 3.63) is 112 Å². The quantitative estimate of drug-likeness (QED) is 0.214. The fourth-order valence-corrected chi connectivity index (χ4v) is 5.92. The Bertz CT molecular complexity index is 1890. The van der Waals surface area contributed by atoms with E-state index in [0.717, 1.165) is 58.1 Å². The first-order valence-corrected chi connectivity index (χ1v) is 15.4. The Morgan fingerprint density at radius 2 is 1.61 bits per heavy atom. The summed E-state index contributed by atoms with van der Waals surface area (Å²) in [5.74, 6) is 0.144. The third kappa shape index (κ3) is 6.83. The fraction of sp³-hybridized carbons (Fsp3) is 0.306. The number of piperazine rings is 1. The van der Waals surface area contributed by atoms with Gasteiger partial charge in [-0.05, 0) is 67.9 Å². The first-order chi connectivity index (χ1) is 21.9. The van der Waals surface area contributed by atoms with Crippen LogP contribution in [0.3, 0.4) is 0 Å². The van der Waals surface area contributed by atoms with Crippen molar-refractivity contribution in [3.8, 4) is 11.4 Å². The van der Waals surface area contributed by atoms with E-state index in [0.29, 0.717) is 30.9 Å². The number of fused-ring (bicyclic) bond motifs is 1. The average molecular weight is 627 g/mol. The van der Waals surface area contributed by atoms with Crippen LogP contribution in [-0.4, -0.2) is 63.5 Å². The molecule has 0 bridgehead atoms. The van der Waals surface area contributed by atoms with Crippen molar-refractivity contribution in [1.29, 1.82) is 0 Å². The lowest BCUT2D eigenvalue weighted by molar-refractivity contribution is -0.138. The minimum Gasteiger partial charge on any atom is -0.348 e. The number of carbonyl (C=O) groups is 1. The molecule has 0 atom stereocenters. The van der Waals surface area contributed by atoms with Crippen molar-refractivity contribution < 1.29 is 18.0 Å². The predicted molar refractivity (Wildman–Crippen MR) is 175 cm³/mol. The van der Waals surface area contributed by atoms with E-state index in [4.69, 9.17) is 9.97 Å². The topological polar surface area (TPSA) is 66.3 Å². The Hall–Kier alpha value is -4.54. The number of nitrogens with one attached hydrogen (secondary N) is 1. The van der Waals surface area contributed by atoms with Gasteiger partial charge in [0.2, 0.25) is 0 Å². The van der Waals surface area contributed by atoms with Crippen molar-refractivity contribution in [2.75, 3.05) is 38.5 Å². The van der Waals surface area contributed by atoms with Crippen LogP contribution in [-0.2, 0) is 26.2 Å². The van der Waals surface area contributed by atoms with E-state index in [1.54, 1.807) is 18.2 Å². The Morgan fingerprint density at radius 3 is 2.33 bits per heavy atom. The number of nitrogens with zero attached hydrogens (tertiary/aromatic N) is 5. The molecule has 10 heteroatoms.